The number of rotatable bonds is 11. The second kappa shape index (κ2) is 14.6. The van der Waals surface area contributed by atoms with E-state index in [1.165, 1.54) is 37.3 Å². The Morgan fingerprint density at radius 1 is 0.905 bits per heavy atom. The first-order chi connectivity index (χ1) is 20.3. The van der Waals surface area contributed by atoms with Gasteiger partial charge in [-0.15, -0.1) is 23.1 Å². The summed E-state index contributed by atoms with van der Waals surface area (Å²) in [7, 11) is 2.99. The molecule has 216 valence electrons. The Kier molecular flexibility index (Phi) is 10.7. The Labute approximate surface area is 257 Å². The topological polar surface area (TPSA) is 106 Å². The van der Waals surface area contributed by atoms with E-state index in [1.807, 2.05) is 29.6 Å². The predicted octanol–water partition coefficient (Wildman–Crippen LogP) is 6.95. The molecular formula is C31H28ClN3O5S2. The van der Waals surface area contributed by atoms with Gasteiger partial charge in [0.2, 0.25) is 5.91 Å². The molecule has 0 saturated carbocycles. The molecule has 4 aromatic rings. The Balaban J connectivity index is 1.45. The van der Waals surface area contributed by atoms with Crippen LogP contribution < -0.4 is 25.4 Å². The van der Waals surface area contributed by atoms with Gasteiger partial charge in [-0.05, 0) is 60.8 Å². The van der Waals surface area contributed by atoms with Gasteiger partial charge >= 0.3 is 0 Å². The third kappa shape index (κ3) is 8.16. The first kappa shape index (κ1) is 30.7. The van der Waals surface area contributed by atoms with Gasteiger partial charge in [0.15, 0.2) is 0 Å². The highest BCUT2D eigenvalue weighted by molar-refractivity contribution is 8.00. The van der Waals surface area contributed by atoms with Crippen molar-refractivity contribution in [1.29, 1.82) is 0 Å². The number of thiophene rings is 1. The van der Waals surface area contributed by atoms with Crippen LogP contribution in [0.2, 0.25) is 5.02 Å². The minimum atomic E-state index is -0.499. The van der Waals surface area contributed by atoms with E-state index in [0.717, 1.165) is 9.77 Å². The van der Waals surface area contributed by atoms with Crippen molar-refractivity contribution in [3.63, 3.8) is 0 Å². The molecule has 0 spiro atoms. The molecular weight excluding hydrogens is 594 g/mol. The van der Waals surface area contributed by atoms with Gasteiger partial charge in [-0.3, -0.25) is 14.4 Å². The number of ether oxygens (including phenoxy) is 2. The summed E-state index contributed by atoms with van der Waals surface area (Å²) in [5.41, 5.74) is 1.46. The second-order valence-electron chi connectivity index (χ2n) is 8.81. The zero-order valence-corrected chi connectivity index (χ0v) is 25.4. The minimum absolute atomic E-state index is 0.101. The molecule has 0 radical (unpaired) electrons. The largest absolute Gasteiger partial charge is 0.495 e. The number of hydrogen-bond donors (Lipinski definition) is 3. The Morgan fingerprint density at radius 2 is 1.67 bits per heavy atom. The minimum Gasteiger partial charge on any atom is -0.495 e. The van der Waals surface area contributed by atoms with Gasteiger partial charge in [-0.2, -0.15) is 0 Å². The lowest BCUT2D eigenvalue weighted by atomic mass is 10.2. The number of anilines is 2. The van der Waals surface area contributed by atoms with Crippen LogP contribution in [0.15, 0.2) is 94.8 Å². The smallest absolute Gasteiger partial charge is 0.272 e. The van der Waals surface area contributed by atoms with Crippen molar-refractivity contribution >= 4 is 69.9 Å². The lowest BCUT2D eigenvalue weighted by Crippen LogP contribution is -2.30. The summed E-state index contributed by atoms with van der Waals surface area (Å²) in [6, 6.07) is 22.7. The summed E-state index contributed by atoms with van der Waals surface area (Å²) in [5, 5.41) is 10.2. The highest BCUT2D eigenvalue weighted by atomic mass is 35.5. The Bertz CT molecular complexity index is 1590. The number of halogens is 1. The van der Waals surface area contributed by atoms with Gasteiger partial charge in [-0.1, -0.05) is 41.9 Å². The average molecular weight is 622 g/mol. The van der Waals surface area contributed by atoms with Crippen LogP contribution in [0.3, 0.4) is 0 Å². The highest BCUT2D eigenvalue weighted by Gasteiger charge is 2.19. The fourth-order valence-corrected chi connectivity index (χ4v) is 5.58. The van der Waals surface area contributed by atoms with Crippen molar-refractivity contribution < 1.29 is 23.9 Å². The molecule has 0 aliphatic carbocycles. The maximum absolute atomic E-state index is 13.3. The van der Waals surface area contributed by atoms with Crippen molar-refractivity contribution in [3.8, 4) is 11.5 Å². The van der Waals surface area contributed by atoms with Crippen molar-refractivity contribution in [3.05, 3.63) is 105 Å². The van der Waals surface area contributed by atoms with E-state index < -0.39 is 17.1 Å². The van der Waals surface area contributed by atoms with E-state index in [4.69, 9.17) is 21.1 Å². The molecule has 0 fully saturated rings. The molecule has 0 aliphatic rings. The van der Waals surface area contributed by atoms with E-state index in [2.05, 4.69) is 16.0 Å². The number of hydrogen-bond acceptors (Lipinski definition) is 7. The molecule has 0 bridgehead atoms. The molecule has 3 amide bonds. The monoisotopic (exact) mass is 621 g/mol. The van der Waals surface area contributed by atoms with Crippen LogP contribution in [0, 0.1) is 0 Å². The number of amides is 3. The number of methoxy groups -OCH3 is 2. The maximum Gasteiger partial charge on any atom is 0.272 e. The van der Waals surface area contributed by atoms with Gasteiger partial charge in [0.1, 0.15) is 17.2 Å². The Hall–Kier alpha value is -4.25. The molecule has 8 nitrogen and oxygen atoms in total. The van der Waals surface area contributed by atoms with Crippen LogP contribution in [0.5, 0.6) is 11.5 Å². The number of thioether (sulfide) groups is 1. The summed E-state index contributed by atoms with van der Waals surface area (Å²) < 4.78 is 10.6. The van der Waals surface area contributed by atoms with Gasteiger partial charge in [0.05, 0.1) is 30.2 Å². The normalized spacial score (nSPS) is 11.8. The summed E-state index contributed by atoms with van der Waals surface area (Å²) in [4.78, 5) is 40.7. The fourth-order valence-electron chi connectivity index (χ4n) is 3.75. The highest BCUT2D eigenvalue weighted by Crippen LogP contribution is 2.36. The van der Waals surface area contributed by atoms with Gasteiger partial charge in [0.25, 0.3) is 11.8 Å². The third-order valence-electron chi connectivity index (χ3n) is 5.86. The SMILES string of the molecule is COc1cc(OC)c(NC(=O)C(C)Sc2cccc(NC(=O)/C(=C/c3cccs3)NC(=O)c3ccccc3)c2)cc1Cl. The first-order valence-electron chi connectivity index (χ1n) is 12.7. The Morgan fingerprint density at radius 3 is 2.36 bits per heavy atom. The molecule has 1 unspecified atom stereocenters. The van der Waals surface area contributed by atoms with Gasteiger partial charge < -0.3 is 25.4 Å². The van der Waals surface area contributed by atoms with Crippen LogP contribution >= 0.6 is 34.7 Å². The van der Waals surface area contributed by atoms with Gasteiger partial charge in [0, 0.05) is 27.1 Å². The van der Waals surface area contributed by atoms with Crippen molar-refractivity contribution in [2.75, 3.05) is 24.9 Å². The number of benzene rings is 3. The molecule has 0 saturated heterocycles. The van der Waals surface area contributed by atoms with Crippen LogP contribution in [0.1, 0.15) is 22.2 Å². The van der Waals surface area contributed by atoms with Crippen LogP contribution in [0.4, 0.5) is 11.4 Å². The third-order valence-corrected chi connectivity index (χ3v) is 8.07. The lowest BCUT2D eigenvalue weighted by Gasteiger charge is -2.16. The number of carbonyl (C=O) groups is 3. The van der Waals surface area contributed by atoms with E-state index >= 15 is 0 Å². The summed E-state index contributed by atoms with van der Waals surface area (Å²) in [6.07, 6.45) is 1.63. The first-order valence-corrected chi connectivity index (χ1v) is 14.8. The second-order valence-corrected chi connectivity index (χ2v) is 11.6. The molecule has 42 heavy (non-hydrogen) atoms. The quantitative estimate of drug-likeness (QED) is 0.124. The molecule has 3 N–H and O–H groups in total. The lowest BCUT2D eigenvalue weighted by molar-refractivity contribution is -0.115. The number of nitrogens with one attached hydrogen (secondary N) is 3. The van der Waals surface area contributed by atoms with Crippen LogP contribution in [0.25, 0.3) is 6.08 Å². The summed E-state index contributed by atoms with van der Waals surface area (Å²) in [6.45, 7) is 1.77. The summed E-state index contributed by atoms with van der Waals surface area (Å²) in [5.74, 6) is -0.298. The van der Waals surface area contributed by atoms with Crippen LogP contribution in [-0.2, 0) is 9.59 Å². The van der Waals surface area contributed by atoms with E-state index in [9.17, 15) is 14.4 Å². The van der Waals surface area contributed by atoms with E-state index in [-0.39, 0.29) is 11.6 Å². The summed E-state index contributed by atoms with van der Waals surface area (Å²) >= 11 is 8.99. The molecule has 3 aromatic carbocycles. The molecule has 4 rings (SSSR count). The maximum atomic E-state index is 13.3. The standard InChI is InChI=1S/C31H28ClN3O5S2/c1-19(29(36)34-25-17-24(32)27(39-2)18-28(25)40-3)42-23-12-7-11-21(15-23)33-31(38)26(16-22-13-8-14-41-22)35-30(37)20-9-5-4-6-10-20/h4-19H,1-3H3,(H,33,38)(H,34,36)(H,35,37)/b26-16-. The van der Waals surface area contributed by atoms with Crippen LogP contribution in [-0.4, -0.2) is 37.2 Å². The fraction of sp³-hybridized carbons (Fsp3) is 0.129. The van der Waals surface area contributed by atoms with Crippen molar-refractivity contribution in [2.45, 2.75) is 17.1 Å². The molecule has 1 aromatic heterocycles. The van der Waals surface area contributed by atoms with Crippen molar-refractivity contribution in [2.24, 2.45) is 0 Å². The molecule has 1 atom stereocenters. The molecule has 1 heterocycles. The predicted molar refractivity (Wildman–Crippen MR) is 170 cm³/mol. The van der Waals surface area contributed by atoms with Crippen molar-refractivity contribution in [1.82, 2.24) is 5.32 Å². The van der Waals surface area contributed by atoms with E-state index in [0.29, 0.717) is 33.5 Å². The van der Waals surface area contributed by atoms with Gasteiger partial charge in [-0.25, -0.2) is 0 Å². The zero-order valence-electron chi connectivity index (χ0n) is 23.0. The number of carbonyl (C=O) groups excluding carboxylic acids is 3. The van der Waals surface area contributed by atoms with E-state index in [1.54, 1.807) is 67.6 Å². The molecule has 11 heteroatoms. The average Bonchev–Trinajstić information content (AvgIpc) is 3.50. The zero-order chi connectivity index (χ0) is 30.1. The molecule has 0 aliphatic heterocycles.